The largest absolute Gasteiger partial charge is 0.376 e. The lowest BCUT2D eigenvalue weighted by atomic mass is 10.5. The molecule has 0 spiro atoms. The average molecular weight is 268 g/mol. The molecule has 0 amide bonds. The van der Waals surface area contributed by atoms with Crippen molar-refractivity contribution in [2.75, 3.05) is 48.0 Å². The van der Waals surface area contributed by atoms with E-state index in [1.54, 1.807) is 0 Å². The molecule has 0 saturated carbocycles. The van der Waals surface area contributed by atoms with Gasteiger partial charge in [-0.1, -0.05) is 0 Å². The lowest BCUT2D eigenvalue weighted by molar-refractivity contribution is 0.324. The highest BCUT2D eigenvalue weighted by molar-refractivity contribution is 5.44. The second kappa shape index (κ2) is 7.73. The van der Waals surface area contributed by atoms with Gasteiger partial charge in [-0.2, -0.15) is 15.0 Å². The van der Waals surface area contributed by atoms with Gasteiger partial charge in [0.05, 0.1) is 0 Å². The number of rotatable bonds is 8. The normalized spacial score (nSPS) is 10.4. The molecule has 0 unspecified atom stereocenters. The molecule has 0 saturated heterocycles. The molecule has 19 heavy (non-hydrogen) atoms. The van der Waals surface area contributed by atoms with Gasteiger partial charge in [-0.15, -0.1) is 0 Å². The zero-order valence-electron chi connectivity index (χ0n) is 12.2. The van der Waals surface area contributed by atoms with Crippen LogP contribution in [0.5, 0.6) is 0 Å². The molecule has 0 aliphatic rings. The molecule has 2 N–H and O–H groups in total. The number of nitrogens with one attached hydrogen (secondary N) is 1. The van der Waals surface area contributed by atoms with Gasteiger partial charge in [-0.25, -0.2) is 0 Å². The van der Waals surface area contributed by atoms with E-state index < -0.39 is 0 Å². The Labute approximate surface area is 114 Å². The second-order valence-electron chi connectivity index (χ2n) is 3.94. The molecule has 0 aromatic carbocycles. The highest BCUT2D eigenvalue weighted by Gasteiger charge is 2.13. The van der Waals surface area contributed by atoms with Crippen molar-refractivity contribution >= 4 is 17.8 Å². The number of hydrogen-bond donors (Lipinski definition) is 2. The number of aromatic nitrogens is 3. The summed E-state index contributed by atoms with van der Waals surface area (Å²) in [5, 5.41) is 11.7. The highest BCUT2D eigenvalue weighted by Crippen LogP contribution is 2.16. The third-order valence-electron chi connectivity index (χ3n) is 2.94. The monoisotopic (exact) mass is 268 g/mol. The van der Waals surface area contributed by atoms with Gasteiger partial charge >= 0.3 is 0 Å². The van der Waals surface area contributed by atoms with Crippen molar-refractivity contribution in [2.45, 2.75) is 27.7 Å². The van der Waals surface area contributed by atoms with Crippen LogP contribution in [0.1, 0.15) is 27.7 Å². The summed E-state index contributed by atoms with van der Waals surface area (Å²) < 4.78 is 0. The van der Waals surface area contributed by atoms with Crippen molar-refractivity contribution in [1.29, 1.82) is 0 Å². The Kier molecular flexibility index (Phi) is 6.27. The van der Waals surface area contributed by atoms with Gasteiger partial charge < -0.3 is 20.2 Å². The fraction of sp³-hybridized carbons (Fsp3) is 0.750. The Balaban J connectivity index is 3.16. The number of aliphatic hydroxyl groups is 1. The molecule has 0 aliphatic carbocycles. The summed E-state index contributed by atoms with van der Waals surface area (Å²) in [5.41, 5.74) is 0. The second-order valence-corrected chi connectivity index (χ2v) is 3.94. The summed E-state index contributed by atoms with van der Waals surface area (Å²) in [6, 6.07) is 0. The molecule has 0 bridgehead atoms. The van der Waals surface area contributed by atoms with Crippen LogP contribution < -0.4 is 15.1 Å². The molecule has 1 rings (SSSR count). The van der Waals surface area contributed by atoms with E-state index in [9.17, 15) is 0 Å². The van der Waals surface area contributed by atoms with E-state index in [2.05, 4.69) is 57.8 Å². The van der Waals surface area contributed by atoms with Crippen LogP contribution in [0.4, 0.5) is 17.8 Å². The molecule has 0 aliphatic heterocycles. The first-order valence-corrected chi connectivity index (χ1v) is 6.80. The Bertz CT molecular complexity index is 348. The Morgan fingerprint density at radius 1 is 0.842 bits per heavy atom. The maximum absolute atomic E-state index is 8.97. The first-order valence-electron chi connectivity index (χ1n) is 6.80. The summed E-state index contributed by atoms with van der Waals surface area (Å²) in [4.78, 5) is 17.3. The topological polar surface area (TPSA) is 77.4 Å². The smallest absolute Gasteiger partial charge is 0.231 e. The molecular weight excluding hydrogens is 244 g/mol. The van der Waals surface area contributed by atoms with Crippen LogP contribution in [-0.2, 0) is 0 Å². The van der Waals surface area contributed by atoms with E-state index >= 15 is 0 Å². The van der Waals surface area contributed by atoms with E-state index in [1.165, 1.54) is 0 Å². The van der Waals surface area contributed by atoms with E-state index in [0.29, 0.717) is 17.8 Å². The van der Waals surface area contributed by atoms with Gasteiger partial charge in [0.25, 0.3) is 0 Å². The van der Waals surface area contributed by atoms with E-state index in [1.807, 2.05) is 0 Å². The van der Waals surface area contributed by atoms with Gasteiger partial charge in [0.2, 0.25) is 17.8 Å². The summed E-state index contributed by atoms with van der Waals surface area (Å²) in [6.45, 7) is 11.4. The number of anilines is 3. The molecule has 108 valence electrons. The van der Waals surface area contributed by atoms with E-state index in [0.717, 1.165) is 26.2 Å². The predicted molar refractivity (Wildman–Crippen MR) is 77.7 cm³/mol. The van der Waals surface area contributed by atoms with Gasteiger partial charge in [0.1, 0.15) is 6.73 Å². The summed E-state index contributed by atoms with van der Waals surface area (Å²) in [7, 11) is 0. The molecule has 7 heteroatoms. The molecule has 7 nitrogen and oxygen atoms in total. The van der Waals surface area contributed by atoms with Crippen LogP contribution in [0.15, 0.2) is 0 Å². The fourth-order valence-electron chi connectivity index (χ4n) is 1.80. The first-order chi connectivity index (χ1) is 9.19. The number of aliphatic hydroxyl groups excluding tert-OH is 1. The Hall–Kier alpha value is -1.63. The third-order valence-corrected chi connectivity index (χ3v) is 2.94. The minimum Gasteiger partial charge on any atom is -0.376 e. The van der Waals surface area contributed by atoms with Crippen molar-refractivity contribution in [3.63, 3.8) is 0 Å². The first kappa shape index (κ1) is 15.4. The van der Waals surface area contributed by atoms with Crippen molar-refractivity contribution in [3.8, 4) is 0 Å². The SMILES string of the molecule is CCN(CC)c1nc(NCO)nc(N(CC)CC)n1. The van der Waals surface area contributed by atoms with Crippen LogP contribution >= 0.6 is 0 Å². The zero-order chi connectivity index (χ0) is 14.3. The minimum absolute atomic E-state index is 0.195. The predicted octanol–water partition coefficient (Wildman–Crippen LogP) is 0.926. The molecule has 0 fully saturated rings. The standard InChI is InChI=1S/C12H24N6O/c1-5-17(6-2)11-14-10(13-9-19)15-12(16-11)18(7-3)8-4/h19H,5-9H2,1-4H3,(H,13,14,15,16). The summed E-state index contributed by atoms with van der Waals surface area (Å²) >= 11 is 0. The van der Waals surface area contributed by atoms with Crippen molar-refractivity contribution in [3.05, 3.63) is 0 Å². The molecule has 0 radical (unpaired) electrons. The van der Waals surface area contributed by atoms with Gasteiger partial charge in [0, 0.05) is 26.2 Å². The number of hydrogen-bond acceptors (Lipinski definition) is 7. The van der Waals surface area contributed by atoms with Gasteiger partial charge in [-0.05, 0) is 27.7 Å². The molecular formula is C12H24N6O. The summed E-state index contributed by atoms with van der Waals surface area (Å²) in [6.07, 6.45) is 0. The van der Waals surface area contributed by atoms with Crippen molar-refractivity contribution < 1.29 is 5.11 Å². The Morgan fingerprint density at radius 3 is 1.58 bits per heavy atom. The van der Waals surface area contributed by atoms with Crippen LogP contribution in [0, 0.1) is 0 Å². The molecule has 0 atom stereocenters. The quantitative estimate of drug-likeness (QED) is 0.679. The molecule has 1 heterocycles. The zero-order valence-corrected chi connectivity index (χ0v) is 12.2. The van der Waals surface area contributed by atoms with E-state index in [-0.39, 0.29) is 6.73 Å². The summed E-state index contributed by atoms with van der Waals surface area (Å²) in [5.74, 6) is 1.68. The van der Waals surface area contributed by atoms with Crippen molar-refractivity contribution in [2.24, 2.45) is 0 Å². The van der Waals surface area contributed by atoms with Crippen LogP contribution in [-0.4, -0.2) is 53.0 Å². The minimum atomic E-state index is -0.195. The van der Waals surface area contributed by atoms with Crippen LogP contribution in [0.2, 0.25) is 0 Å². The third kappa shape index (κ3) is 3.92. The van der Waals surface area contributed by atoms with Crippen molar-refractivity contribution in [1.82, 2.24) is 15.0 Å². The molecule has 1 aromatic heterocycles. The maximum Gasteiger partial charge on any atom is 0.231 e. The fourth-order valence-corrected chi connectivity index (χ4v) is 1.80. The van der Waals surface area contributed by atoms with Crippen LogP contribution in [0.25, 0.3) is 0 Å². The van der Waals surface area contributed by atoms with E-state index in [4.69, 9.17) is 5.11 Å². The van der Waals surface area contributed by atoms with Crippen LogP contribution in [0.3, 0.4) is 0 Å². The average Bonchev–Trinajstić information content (AvgIpc) is 2.42. The lowest BCUT2D eigenvalue weighted by Crippen LogP contribution is -2.29. The molecule has 1 aromatic rings. The van der Waals surface area contributed by atoms with Gasteiger partial charge in [-0.3, -0.25) is 0 Å². The van der Waals surface area contributed by atoms with Gasteiger partial charge in [0.15, 0.2) is 0 Å². The lowest BCUT2D eigenvalue weighted by Gasteiger charge is -2.23. The Morgan fingerprint density at radius 2 is 1.26 bits per heavy atom. The maximum atomic E-state index is 8.97. The number of nitrogens with zero attached hydrogens (tertiary/aromatic N) is 5. The highest BCUT2D eigenvalue weighted by atomic mass is 16.3.